The highest BCUT2D eigenvalue weighted by Crippen LogP contribution is 2.46. The van der Waals surface area contributed by atoms with Crippen molar-refractivity contribution in [2.75, 3.05) is 18.0 Å². The number of anilines is 1. The van der Waals surface area contributed by atoms with Crippen LogP contribution in [-0.4, -0.2) is 50.5 Å². The van der Waals surface area contributed by atoms with Crippen molar-refractivity contribution < 1.29 is 4.79 Å². The van der Waals surface area contributed by atoms with Gasteiger partial charge in [-0.25, -0.2) is 9.97 Å². The molecule has 3 heterocycles. The minimum atomic E-state index is -0.383. The molecule has 2 atom stereocenters. The van der Waals surface area contributed by atoms with Crippen molar-refractivity contribution in [3.63, 3.8) is 0 Å². The number of halogens is 1. The minimum absolute atomic E-state index is 0.109. The fourth-order valence-corrected chi connectivity index (χ4v) is 5.14. The van der Waals surface area contributed by atoms with Crippen LogP contribution in [0.2, 0.25) is 5.02 Å². The van der Waals surface area contributed by atoms with Crippen LogP contribution in [0.15, 0.2) is 36.8 Å². The highest BCUT2D eigenvalue weighted by molar-refractivity contribution is 6.30. The van der Waals surface area contributed by atoms with Crippen molar-refractivity contribution in [1.29, 1.82) is 0 Å². The van der Waals surface area contributed by atoms with Crippen molar-refractivity contribution >= 4 is 34.4 Å². The Balaban J connectivity index is 1.58. The van der Waals surface area contributed by atoms with Crippen LogP contribution in [0, 0.1) is 5.41 Å². The third kappa shape index (κ3) is 3.99. The summed E-state index contributed by atoms with van der Waals surface area (Å²) in [7, 11) is 0. The first-order valence-electron chi connectivity index (χ1n) is 11.8. The lowest BCUT2D eigenvalue weighted by Crippen LogP contribution is -2.60. The SMILES string of the molecule is C[C@@H]1CN(c2ncnc3c2c(C2CC2)cn3-c2cccc(Cl)c2)[C@@H](C)CN1C(=O)C(C)(C)C. The fraction of sp³-hybridized carbons (Fsp3) is 0.500. The molecule has 1 aliphatic heterocycles. The van der Waals surface area contributed by atoms with Crippen LogP contribution >= 0.6 is 11.6 Å². The lowest BCUT2D eigenvalue weighted by Gasteiger charge is -2.46. The van der Waals surface area contributed by atoms with Gasteiger partial charge in [-0.2, -0.15) is 0 Å². The third-order valence-corrected chi connectivity index (χ3v) is 7.09. The summed E-state index contributed by atoms with van der Waals surface area (Å²) in [6.07, 6.45) is 6.28. The summed E-state index contributed by atoms with van der Waals surface area (Å²) in [6.45, 7) is 11.8. The summed E-state index contributed by atoms with van der Waals surface area (Å²) in [5.74, 6) is 1.74. The molecule has 6 nitrogen and oxygen atoms in total. The van der Waals surface area contributed by atoms with Crippen molar-refractivity contribution in [3.8, 4) is 5.69 Å². The lowest BCUT2D eigenvalue weighted by atomic mass is 9.92. The molecule has 0 spiro atoms. The van der Waals surface area contributed by atoms with Crippen LogP contribution in [0.4, 0.5) is 5.82 Å². The predicted molar refractivity (Wildman–Crippen MR) is 133 cm³/mol. The van der Waals surface area contributed by atoms with E-state index in [1.165, 1.54) is 18.4 Å². The number of carbonyl (C=O) groups is 1. The molecule has 0 unspecified atom stereocenters. The van der Waals surface area contributed by atoms with Crippen LogP contribution < -0.4 is 4.90 Å². The molecule has 1 saturated carbocycles. The zero-order valence-corrected chi connectivity index (χ0v) is 20.8. The molecule has 1 saturated heterocycles. The number of fused-ring (bicyclic) bond motifs is 1. The second kappa shape index (κ2) is 8.01. The first-order valence-corrected chi connectivity index (χ1v) is 12.2. The van der Waals surface area contributed by atoms with E-state index < -0.39 is 0 Å². The maximum atomic E-state index is 13.0. The lowest BCUT2D eigenvalue weighted by molar-refractivity contribution is -0.142. The predicted octanol–water partition coefficient (Wildman–Crippen LogP) is 5.42. The Hall–Kier alpha value is -2.60. The van der Waals surface area contributed by atoms with E-state index in [0.29, 0.717) is 17.5 Å². The molecule has 0 bridgehead atoms. The van der Waals surface area contributed by atoms with Gasteiger partial charge in [0, 0.05) is 47.5 Å². The first-order chi connectivity index (χ1) is 15.6. The summed E-state index contributed by atoms with van der Waals surface area (Å²) in [5, 5.41) is 1.84. The number of hydrogen-bond donors (Lipinski definition) is 0. The highest BCUT2D eigenvalue weighted by Gasteiger charge is 2.38. The van der Waals surface area contributed by atoms with E-state index >= 15 is 0 Å². The van der Waals surface area contributed by atoms with Crippen molar-refractivity contribution in [1.82, 2.24) is 19.4 Å². The first kappa shape index (κ1) is 22.2. The van der Waals surface area contributed by atoms with E-state index in [0.717, 1.165) is 29.1 Å². The number of piperazine rings is 1. The quantitative estimate of drug-likeness (QED) is 0.518. The Kier molecular flexibility index (Phi) is 5.39. The van der Waals surface area contributed by atoms with Crippen LogP contribution in [0.5, 0.6) is 0 Å². The van der Waals surface area contributed by atoms with Gasteiger partial charge in [0.05, 0.1) is 5.39 Å². The minimum Gasteiger partial charge on any atom is -0.349 e. The van der Waals surface area contributed by atoms with Crippen LogP contribution in [-0.2, 0) is 4.79 Å². The topological polar surface area (TPSA) is 54.3 Å². The van der Waals surface area contributed by atoms with Gasteiger partial charge in [0.1, 0.15) is 17.8 Å². The molecule has 0 radical (unpaired) electrons. The van der Waals surface area contributed by atoms with E-state index in [-0.39, 0.29) is 23.4 Å². The average molecular weight is 466 g/mol. The van der Waals surface area contributed by atoms with E-state index in [1.807, 2.05) is 43.9 Å². The molecule has 33 heavy (non-hydrogen) atoms. The molecule has 1 aliphatic carbocycles. The van der Waals surface area contributed by atoms with E-state index in [2.05, 4.69) is 35.6 Å². The van der Waals surface area contributed by atoms with Gasteiger partial charge in [-0.05, 0) is 56.4 Å². The highest BCUT2D eigenvalue weighted by atomic mass is 35.5. The Morgan fingerprint density at radius 1 is 1.09 bits per heavy atom. The van der Waals surface area contributed by atoms with Gasteiger partial charge in [-0.15, -0.1) is 0 Å². The van der Waals surface area contributed by atoms with Crippen molar-refractivity contribution in [2.45, 2.75) is 65.5 Å². The maximum Gasteiger partial charge on any atom is 0.228 e. The molecule has 2 fully saturated rings. The van der Waals surface area contributed by atoms with Gasteiger partial charge in [0.2, 0.25) is 5.91 Å². The van der Waals surface area contributed by atoms with Gasteiger partial charge < -0.3 is 14.4 Å². The van der Waals surface area contributed by atoms with E-state index in [9.17, 15) is 4.79 Å². The van der Waals surface area contributed by atoms with Gasteiger partial charge in [0.25, 0.3) is 0 Å². The molecule has 5 rings (SSSR count). The second-order valence-electron chi connectivity index (χ2n) is 10.7. The Labute approximate surface area is 200 Å². The van der Waals surface area contributed by atoms with Crippen molar-refractivity contribution in [2.24, 2.45) is 5.41 Å². The largest absolute Gasteiger partial charge is 0.349 e. The number of rotatable bonds is 3. The molecular weight excluding hydrogens is 434 g/mol. The van der Waals surface area contributed by atoms with Crippen molar-refractivity contribution in [3.05, 3.63) is 47.4 Å². The molecule has 2 aliphatic rings. The molecule has 3 aromatic rings. The number of benzene rings is 1. The van der Waals surface area contributed by atoms with E-state index in [1.54, 1.807) is 6.33 Å². The van der Waals surface area contributed by atoms with Crippen LogP contribution in [0.25, 0.3) is 16.7 Å². The Morgan fingerprint density at radius 3 is 2.52 bits per heavy atom. The number of amides is 1. The Bertz CT molecular complexity index is 1210. The molecule has 1 amide bonds. The summed E-state index contributed by atoms with van der Waals surface area (Å²) in [4.78, 5) is 27.0. The molecule has 7 heteroatoms. The maximum absolute atomic E-state index is 13.0. The summed E-state index contributed by atoms with van der Waals surface area (Å²) < 4.78 is 2.15. The third-order valence-electron chi connectivity index (χ3n) is 6.86. The molecule has 174 valence electrons. The molecular formula is C26H32ClN5O. The zero-order chi connectivity index (χ0) is 23.5. The normalized spacial score (nSPS) is 21.6. The van der Waals surface area contributed by atoms with Gasteiger partial charge >= 0.3 is 0 Å². The van der Waals surface area contributed by atoms with Crippen LogP contribution in [0.3, 0.4) is 0 Å². The van der Waals surface area contributed by atoms with Gasteiger partial charge in [-0.3, -0.25) is 4.79 Å². The standard InChI is InChI=1S/C26H32ClN5O/c1-16-13-31(25(33)26(3,4)5)17(2)12-30(16)23-22-21(18-9-10-18)14-32(24(22)29-15-28-23)20-8-6-7-19(27)11-20/h6-8,11,14-18H,9-10,12-13H2,1-5H3/t16-,17+/m0/s1. The monoisotopic (exact) mass is 465 g/mol. The van der Waals surface area contributed by atoms with Gasteiger partial charge in [0.15, 0.2) is 0 Å². The summed E-state index contributed by atoms with van der Waals surface area (Å²) in [6, 6.07) is 8.16. The van der Waals surface area contributed by atoms with Gasteiger partial charge in [-0.1, -0.05) is 38.4 Å². The molecule has 2 aromatic heterocycles. The Morgan fingerprint density at radius 2 is 1.85 bits per heavy atom. The zero-order valence-electron chi connectivity index (χ0n) is 20.0. The van der Waals surface area contributed by atoms with Crippen LogP contribution in [0.1, 0.15) is 58.9 Å². The van der Waals surface area contributed by atoms with E-state index in [4.69, 9.17) is 21.6 Å². The number of nitrogens with zero attached hydrogens (tertiary/aromatic N) is 5. The molecule has 0 N–H and O–H groups in total. The number of aromatic nitrogens is 3. The average Bonchev–Trinajstić information content (AvgIpc) is 3.53. The summed E-state index contributed by atoms with van der Waals surface area (Å²) >= 11 is 6.30. The fourth-order valence-electron chi connectivity index (χ4n) is 4.95. The number of hydrogen-bond acceptors (Lipinski definition) is 4. The second-order valence-corrected chi connectivity index (χ2v) is 11.1. The number of carbonyl (C=O) groups excluding carboxylic acids is 1. The summed E-state index contributed by atoms with van der Waals surface area (Å²) in [5.41, 5.74) is 2.85. The molecule has 1 aromatic carbocycles. The smallest absolute Gasteiger partial charge is 0.228 e.